The van der Waals surface area contributed by atoms with Crippen molar-refractivity contribution in [2.75, 3.05) is 6.54 Å². The Hall–Kier alpha value is -2.63. The van der Waals surface area contributed by atoms with Gasteiger partial charge < -0.3 is 9.73 Å². The van der Waals surface area contributed by atoms with Crippen molar-refractivity contribution in [3.05, 3.63) is 72.0 Å². The van der Waals surface area contributed by atoms with E-state index in [9.17, 15) is 4.79 Å². The van der Waals surface area contributed by atoms with Crippen LogP contribution in [0.25, 0.3) is 11.0 Å². The van der Waals surface area contributed by atoms with Crippen molar-refractivity contribution in [1.29, 1.82) is 0 Å². The molecule has 26 heavy (non-hydrogen) atoms. The van der Waals surface area contributed by atoms with Crippen LogP contribution in [-0.4, -0.2) is 24.7 Å². The summed E-state index contributed by atoms with van der Waals surface area (Å²) in [6.45, 7) is 2.27. The smallest absolute Gasteiger partial charge is 0.254 e. The lowest BCUT2D eigenvalue weighted by molar-refractivity contribution is -0.120. The fourth-order valence-electron chi connectivity index (χ4n) is 2.58. The van der Waals surface area contributed by atoms with Crippen LogP contribution in [0.5, 0.6) is 0 Å². The molecule has 1 unspecified atom stereocenters. The Morgan fingerprint density at radius 1 is 1.15 bits per heavy atom. The molecule has 0 saturated carbocycles. The number of hydrazone groups is 1. The molecular weight excluding hydrogens is 350 g/mol. The van der Waals surface area contributed by atoms with Crippen molar-refractivity contribution in [2.24, 2.45) is 5.10 Å². The van der Waals surface area contributed by atoms with E-state index < -0.39 is 0 Å². The average molecular weight is 372 g/mol. The Kier molecular flexibility index (Phi) is 7.38. The van der Waals surface area contributed by atoms with E-state index in [2.05, 4.69) is 34.9 Å². The van der Waals surface area contributed by atoms with Gasteiger partial charge in [-0.2, -0.15) is 5.10 Å². The third kappa shape index (κ3) is 5.72. The van der Waals surface area contributed by atoms with Crippen molar-refractivity contribution in [3.63, 3.8) is 0 Å². The summed E-state index contributed by atoms with van der Waals surface area (Å²) in [7, 11) is 0. The Bertz CT molecular complexity index is 829. The molecule has 3 aromatic rings. The fourth-order valence-corrected chi connectivity index (χ4v) is 2.58. The zero-order chi connectivity index (χ0) is 17.5. The highest BCUT2D eigenvalue weighted by atomic mass is 35.5. The molecule has 1 aromatic heterocycles. The van der Waals surface area contributed by atoms with E-state index in [1.54, 1.807) is 0 Å². The van der Waals surface area contributed by atoms with E-state index in [0.29, 0.717) is 5.76 Å². The standard InChI is InChI=1S/C20H21N3O2.ClH/c1-15(11-16-7-3-2-4-8-16)21-14-20(24)23-22-13-18-12-17-9-5-6-10-19(17)25-18;/h2-10,12-13,15,21H,11,14H2,1H3,(H,23,24);1H/b22-13+;. The first-order valence-corrected chi connectivity index (χ1v) is 8.28. The van der Waals surface area contributed by atoms with Crippen LogP contribution in [0.3, 0.4) is 0 Å². The summed E-state index contributed by atoms with van der Waals surface area (Å²) < 4.78 is 5.60. The number of hydrogen-bond acceptors (Lipinski definition) is 4. The number of benzene rings is 2. The lowest BCUT2D eigenvalue weighted by atomic mass is 10.1. The summed E-state index contributed by atoms with van der Waals surface area (Å²) in [4.78, 5) is 11.8. The van der Waals surface area contributed by atoms with E-state index in [4.69, 9.17) is 4.42 Å². The van der Waals surface area contributed by atoms with Crippen LogP contribution in [-0.2, 0) is 11.2 Å². The third-order valence-corrected chi connectivity index (χ3v) is 3.82. The van der Waals surface area contributed by atoms with Gasteiger partial charge in [0.1, 0.15) is 11.3 Å². The molecule has 0 aliphatic carbocycles. The molecule has 0 aliphatic heterocycles. The van der Waals surface area contributed by atoms with Crippen LogP contribution in [0.15, 0.2) is 70.2 Å². The van der Waals surface area contributed by atoms with E-state index in [1.165, 1.54) is 11.8 Å². The number of furan rings is 1. The predicted octanol–water partition coefficient (Wildman–Crippen LogP) is 3.53. The van der Waals surface area contributed by atoms with E-state index in [0.717, 1.165) is 17.4 Å². The highest BCUT2D eigenvalue weighted by Crippen LogP contribution is 2.17. The number of carbonyl (C=O) groups is 1. The number of nitrogens with one attached hydrogen (secondary N) is 2. The van der Waals surface area contributed by atoms with Gasteiger partial charge in [-0.05, 0) is 31.0 Å². The van der Waals surface area contributed by atoms with Gasteiger partial charge in [-0.25, -0.2) is 5.43 Å². The number of hydrogen-bond donors (Lipinski definition) is 2. The Balaban J connectivity index is 0.00000243. The minimum absolute atomic E-state index is 0. The molecule has 2 aromatic carbocycles. The fraction of sp³-hybridized carbons (Fsp3) is 0.200. The molecule has 6 heteroatoms. The molecule has 0 radical (unpaired) electrons. The van der Waals surface area contributed by atoms with Gasteiger partial charge >= 0.3 is 0 Å². The quantitative estimate of drug-likeness (QED) is 0.493. The van der Waals surface area contributed by atoms with Gasteiger partial charge in [0, 0.05) is 11.4 Å². The molecule has 1 heterocycles. The molecule has 0 spiro atoms. The molecule has 0 fully saturated rings. The summed E-state index contributed by atoms with van der Waals surface area (Å²) in [6, 6.07) is 20.0. The van der Waals surface area contributed by atoms with Crippen LogP contribution >= 0.6 is 12.4 Å². The summed E-state index contributed by atoms with van der Waals surface area (Å²) >= 11 is 0. The molecule has 136 valence electrons. The summed E-state index contributed by atoms with van der Waals surface area (Å²) in [5, 5.41) is 8.14. The molecule has 2 N–H and O–H groups in total. The van der Waals surface area contributed by atoms with Crippen LogP contribution in [0.4, 0.5) is 0 Å². The number of halogens is 1. The van der Waals surface area contributed by atoms with Gasteiger partial charge in [-0.15, -0.1) is 12.4 Å². The maximum Gasteiger partial charge on any atom is 0.254 e. The lowest BCUT2D eigenvalue weighted by Gasteiger charge is -2.12. The highest BCUT2D eigenvalue weighted by molar-refractivity contribution is 5.87. The molecule has 1 amide bonds. The lowest BCUT2D eigenvalue weighted by Crippen LogP contribution is -2.37. The second-order valence-electron chi connectivity index (χ2n) is 5.95. The molecule has 5 nitrogen and oxygen atoms in total. The summed E-state index contributed by atoms with van der Waals surface area (Å²) in [6.07, 6.45) is 2.38. The SMILES string of the molecule is CC(Cc1ccccc1)NCC(=O)N/N=C/c1cc2ccccc2o1.Cl. The van der Waals surface area contributed by atoms with Crippen LogP contribution in [0, 0.1) is 0 Å². The molecule has 0 saturated heterocycles. The first-order chi connectivity index (χ1) is 12.2. The van der Waals surface area contributed by atoms with Crippen LogP contribution < -0.4 is 10.7 Å². The second kappa shape index (κ2) is 9.75. The van der Waals surface area contributed by atoms with Gasteiger partial charge in [0.2, 0.25) is 0 Å². The number of fused-ring (bicyclic) bond motifs is 1. The monoisotopic (exact) mass is 371 g/mol. The van der Waals surface area contributed by atoms with E-state index in [1.807, 2.05) is 48.5 Å². The maximum atomic E-state index is 11.8. The molecule has 1 atom stereocenters. The average Bonchev–Trinajstić information content (AvgIpc) is 3.03. The Morgan fingerprint density at radius 2 is 1.88 bits per heavy atom. The van der Waals surface area contributed by atoms with E-state index in [-0.39, 0.29) is 30.9 Å². The molecule has 0 aliphatic rings. The van der Waals surface area contributed by atoms with Crippen molar-refractivity contribution in [2.45, 2.75) is 19.4 Å². The first kappa shape index (κ1) is 19.7. The second-order valence-corrected chi connectivity index (χ2v) is 5.95. The Morgan fingerprint density at radius 3 is 2.65 bits per heavy atom. The van der Waals surface area contributed by atoms with Crippen molar-refractivity contribution in [3.8, 4) is 0 Å². The van der Waals surface area contributed by atoms with Gasteiger partial charge in [0.15, 0.2) is 0 Å². The van der Waals surface area contributed by atoms with Crippen molar-refractivity contribution in [1.82, 2.24) is 10.7 Å². The topological polar surface area (TPSA) is 66.6 Å². The number of rotatable bonds is 7. The highest BCUT2D eigenvalue weighted by Gasteiger charge is 2.06. The number of nitrogens with zero attached hydrogens (tertiary/aromatic N) is 1. The maximum absolute atomic E-state index is 11.8. The van der Waals surface area contributed by atoms with Crippen molar-refractivity contribution < 1.29 is 9.21 Å². The van der Waals surface area contributed by atoms with Crippen LogP contribution in [0.1, 0.15) is 18.2 Å². The summed E-state index contributed by atoms with van der Waals surface area (Å²) in [5.41, 5.74) is 4.54. The van der Waals surface area contributed by atoms with E-state index >= 15 is 0 Å². The van der Waals surface area contributed by atoms with Gasteiger partial charge in [-0.3, -0.25) is 4.79 Å². The minimum atomic E-state index is -0.188. The predicted molar refractivity (Wildman–Crippen MR) is 107 cm³/mol. The van der Waals surface area contributed by atoms with Gasteiger partial charge in [0.25, 0.3) is 5.91 Å². The zero-order valence-electron chi connectivity index (χ0n) is 14.5. The third-order valence-electron chi connectivity index (χ3n) is 3.82. The molecule has 0 bridgehead atoms. The minimum Gasteiger partial charge on any atom is -0.455 e. The van der Waals surface area contributed by atoms with Gasteiger partial charge in [0.05, 0.1) is 12.8 Å². The van der Waals surface area contributed by atoms with Crippen molar-refractivity contribution >= 4 is 35.5 Å². The number of para-hydroxylation sites is 1. The largest absolute Gasteiger partial charge is 0.455 e. The Labute approximate surface area is 158 Å². The normalized spacial score (nSPS) is 12.0. The summed E-state index contributed by atoms with van der Waals surface area (Å²) in [5.74, 6) is 0.416. The number of carbonyl (C=O) groups excluding carboxylic acids is 1. The molecule has 3 rings (SSSR count). The zero-order valence-corrected chi connectivity index (χ0v) is 15.3. The first-order valence-electron chi connectivity index (χ1n) is 8.28. The van der Waals surface area contributed by atoms with Crippen LogP contribution in [0.2, 0.25) is 0 Å². The number of amides is 1. The molecular formula is C20H22ClN3O2. The van der Waals surface area contributed by atoms with Gasteiger partial charge in [-0.1, -0.05) is 48.5 Å².